The fourth-order valence-corrected chi connectivity index (χ4v) is 2.00. The van der Waals surface area contributed by atoms with Crippen LogP contribution in [0.15, 0.2) is 24.3 Å². The minimum atomic E-state index is 0.520. The lowest BCUT2D eigenvalue weighted by Crippen LogP contribution is -3.12. The molecule has 0 bridgehead atoms. The second-order valence-electron chi connectivity index (χ2n) is 4.75. The van der Waals surface area contributed by atoms with Crippen molar-refractivity contribution in [2.24, 2.45) is 0 Å². The van der Waals surface area contributed by atoms with Gasteiger partial charge in [0.1, 0.15) is 18.9 Å². The molecule has 0 aliphatic rings. The van der Waals surface area contributed by atoms with Gasteiger partial charge in [0.2, 0.25) is 0 Å². The Morgan fingerprint density at radius 1 is 1.12 bits per heavy atom. The van der Waals surface area contributed by atoms with Gasteiger partial charge in [-0.05, 0) is 31.4 Å². The first-order chi connectivity index (χ1) is 8.19. The maximum absolute atomic E-state index is 5.91. The molecule has 2 nitrogen and oxygen atoms in total. The summed E-state index contributed by atoms with van der Waals surface area (Å²) >= 11 is 0. The van der Waals surface area contributed by atoms with E-state index in [-0.39, 0.29) is 0 Å². The van der Waals surface area contributed by atoms with Gasteiger partial charge >= 0.3 is 0 Å². The molecule has 0 aliphatic heterocycles. The van der Waals surface area contributed by atoms with Crippen molar-refractivity contribution in [3.63, 3.8) is 0 Å². The van der Waals surface area contributed by atoms with Gasteiger partial charge in [0.15, 0.2) is 0 Å². The highest BCUT2D eigenvalue weighted by Gasteiger charge is 2.08. The summed E-state index contributed by atoms with van der Waals surface area (Å²) in [5.74, 6) is 1.57. The Labute approximate surface area is 106 Å². The molecule has 1 aromatic carbocycles. The summed E-state index contributed by atoms with van der Waals surface area (Å²) in [6.45, 7) is 13.1. The van der Waals surface area contributed by atoms with Gasteiger partial charge in [-0.1, -0.05) is 32.0 Å². The summed E-state index contributed by atoms with van der Waals surface area (Å²) in [6.07, 6.45) is 0. The summed E-state index contributed by atoms with van der Waals surface area (Å²) in [4.78, 5) is 1.59. The molecule has 0 spiro atoms. The van der Waals surface area contributed by atoms with Crippen LogP contribution >= 0.6 is 0 Å². The van der Waals surface area contributed by atoms with Crippen LogP contribution in [-0.2, 0) is 0 Å². The van der Waals surface area contributed by atoms with Gasteiger partial charge < -0.3 is 9.64 Å². The number of likely N-dealkylation sites (N-methyl/N-ethyl adjacent to an activating group) is 1. The Bertz CT molecular complexity index is 318. The van der Waals surface area contributed by atoms with Gasteiger partial charge in [0.25, 0.3) is 0 Å². The highest BCUT2D eigenvalue weighted by Crippen LogP contribution is 2.25. The molecule has 96 valence electrons. The molecule has 0 radical (unpaired) electrons. The predicted octanol–water partition coefficient (Wildman–Crippen LogP) is 2.11. The first-order valence-corrected chi connectivity index (χ1v) is 6.74. The van der Waals surface area contributed by atoms with Crippen molar-refractivity contribution in [1.82, 2.24) is 0 Å². The second kappa shape index (κ2) is 7.33. The van der Waals surface area contributed by atoms with E-state index < -0.39 is 0 Å². The summed E-state index contributed by atoms with van der Waals surface area (Å²) < 4.78 is 5.91. The number of ether oxygens (including phenoxy) is 1. The number of para-hydroxylation sites is 1. The lowest BCUT2D eigenvalue weighted by molar-refractivity contribution is -0.896. The third kappa shape index (κ3) is 4.39. The quantitative estimate of drug-likeness (QED) is 0.765. The predicted molar refractivity (Wildman–Crippen MR) is 72.9 cm³/mol. The Morgan fingerprint density at radius 3 is 2.35 bits per heavy atom. The highest BCUT2D eigenvalue weighted by atomic mass is 16.5. The Balaban J connectivity index is 2.51. The lowest BCUT2D eigenvalue weighted by Gasteiger charge is -2.17. The van der Waals surface area contributed by atoms with Crippen LogP contribution in [-0.4, -0.2) is 26.2 Å². The topological polar surface area (TPSA) is 13.7 Å². The number of benzene rings is 1. The molecule has 0 saturated carbocycles. The van der Waals surface area contributed by atoms with Crippen molar-refractivity contribution < 1.29 is 9.64 Å². The van der Waals surface area contributed by atoms with Crippen molar-refractivity contribution in [3.05, 3.63) is 29.8 Å². The largest absolute Gasteiger partial charge is 0.487 e. The van der Waals surface area contributed by atoms with E-state index in [1.807, 2.05) is 6.07 Å². The van der Waals surface area contributed by atoms with E-state index in [9.17, 15) is 0 Å². The minimum absolute atomic E-state index is 0.520. The average molecular weight is 236 g/mol. The molecule has 0 heterocycles. The number of nitrogens with one attached hydrogen (secondary N) is 1. The molecule has 1 rings (SSSR count). The molecule has 0 aromatic heterocycles. The summed E-state index contributed by atoms with van der Waals surface area (Å²) in [7, 11) is 0. The molecule has 2 heteroatoms. The molecule has 0 aliphatic carbocycles. The first-order valence-electron chi connectivity index (χ1n) is 6.74. The van der Waals surface area contributed by atoms with Crippen LogP contribution in [0.1, 0.15) is 39.2 Å². The van der Waals surface area contributed by atoms with E-state index in [1.165, 1.54) is 18.7 Å². The molecule has 0 unspecified atom stereocenters. The van der Waals surface area contributed by atoms with E-state index in [0.717, 1.165) is 18.9 Å². The van der Waals surface area contributed by atoms with Crippen LogP contribution in [0.2, 0.25) is 0 Å². The first kappa shape index (κ1) is 14.0. The summed E-state index contributed by atoms with van der Waals surface area (Å²) in [5.41, 5.74) is 1.31. The van der Waals surface area contributed by atoms with Gasteiger partial charge in [-0.2, -0.15) is 0 Å². The molecule has 17 heavy (non-hydrogen) atoms. The standard InChI is InChI=1S/C15H25NO/c1-5-16(6-2)11-12-17-15-10-8-7-9-14(15)13(3)4/h7-10,13H,5-6,11-12H2,1-4H3/p+1. The van der Waals surface area contributed by atoms with E-state index in [2.05, 4.69) is 45.9 Å². The third-order valence-corrected chi connectivity index (χ3v) is 3.25. The molecule has 0 amide bonds. The average Bonchev–Trinajstić information content (AvgIpc) is 2.35. The van der Waals surface area contributed by atoms with Gasteiger partial charge in [0, 0.05) is 0 Å². The number of quaternary nitrogens is 1. The van der Waals surface area contributed by atoms with Crippen molar-refractivity contribution in [2.45, 2.75) is 33.6 Å². The maximum Gasteiger partial charge on any atom is 0.137 e. The number of hydrogen-bond donors (Lipinski definition) is 1. The van der Waals surface area contributed by atoms with Crippen LogP contribution in [0.25, 0.3) is 0 Å². The summed E-state index contributed by atoms with van der Waals surface area (Å²) in [5, 5.41) is 0. The third-order valence-electron chi connectivity index (χ3n) is 3.25. The minimum Gasteiger partial charge on any atom is -0.487 e. The lowest BCUT2D eigenvalue weighted by atomic mass is 10.0. The Kier molecular flexibility index (Phi) is 6.06. The van der Waals surface area contributed by atoms with Gasteiger partial charge in [-0.25, -0.2) is 0 Å². The molecule has 0 atom stereocenters. The molecular formula is C15H26NO+. The molecule has 0 saturated heterocycles. The van der Waals surface area contributed by atoms with Crippen LogP contribution in [0, 0.1) is 0 Å². The highest BCUT2D eigenvalue weighted by molar-refractivity contribution is 5.35. The maximum atomic E-state index is 5.91. The zero-order chi connectivity index (χ0) is 12.7. The van der Waals surface area contributed by atoms with Crippen molar-refractivity contribution in [2.75, 3.05) is 26.2 Å². The van der Waals surface area contributed by atoms with E-state index >= 15 is 0 Å². The van der Waals surface area contributed by atoms with Crippen LogP contribution < -0.4 is 9.64 Å². The smallest absolute Gasteiger partial charge is 0.137 e. The van der Waals surface area contributed by atoms with Gasteiger partial charge in [0.05, 0.1) is 13.1 Å². The van der Waals surface area contributed by atoms with Crippen molar-refractivity contribution in [1.29, 1.82) is 0 Å². The van der Waals surface area contributed by atoms with Gasteiger partial charge in [-0.15, -0.1) is 0 Å². The number of hydrogen-bond acceptors (Lipinski definition) is 1. The van der Waals surface area contributed by atoms with E-state index in [4.69, 9.17) is 4.74 Å². The van der Waals surface area contributed by atoms with Crippen LogP contribution in [0.4, 0.5) is 0 Å². The van der Waals surface area contributed by atoms with Crippen LogP contribution in [0.3, 0.4) is 0 Å². The Morgan fingerprint density at radius 2 is 1.76 bits per heavy atom. The monoisotopic (exact) mass is 236 g/mol. The second-order valence-corrected chi connectivity index (χ2v) is 4.75. The normalized spacial score (nSPS) is 11.2. The molecule has 1 N–H and O–H groups in total. The van der Waals surface area contributed by atoms with E-state index in [0.29, 0.717) is 5.92 Å². The SMILES string of the molecule is CC[NH+](CC)CCOc1ccccc1C(C)C. The summed E-state index contributed by atoms with van der Waals surface area (Å²) in [6, 6.07) is 8.36. The zero-order valence-electron chi connectivity index (χ0n) is 11.6. The zero-order valence-corrected chi connectivity index (χ0v) is 11.6. The molecular weight excluding hydrogens is 210 g/mol. The fraction of sp³-hybridized carbons (Fsp3) is 0.600. The van der Waals surface area contributed by atoms with Gasteiger partial charge in [-0.3, -0.25) is 0 Å². The molecule has 0 fully saturated rings. The van der Waals surface area contributed by atoms with Crippen molar-refractivity contribution >= 4 is 0 Å². The van der Waals surface area contributed by atoms with E-state index in [1.54, 1.807) is 4.90 Å². The number of rotatable bonds is 7. The van der Waals surface area contributed by atoms with Crippen LogP contribution in [0.5, 0.6) is 5.75 Å². The van der Waals surface area contributed by atoms with Crippen molar-refractivity contribution in [3.8, 4) is 5.75 Å². The molecule has 1 aromatic rings. The fourth-order valence-electron chi connectivity index (χ4n) is 2.00. The Hall–Kier alpha value is -1.02.